The minimum absolute atomic E-state index is 0.112. The Balaban J connectivity index is 1.75. The molecule has 3 N–H and O–H groups in total. The second-order valence-corrected chi connectivity index (χ2v) is 6.66. The molecule has 8 heteroatoms. The summed E-state index contributed by atoms with van der Waals surface area (Å²) in [4.78, 5) is 24.9. The topological polar surface area (TPSA) is 123 Å². The van der Waals surface area contributed by atoms with Gasteiger partial charge < -0.3 is 29.5 Å². The molecule has 0 bridgehead atoms. The van der Waals surface area contributed by atoms with Crippen molar-refractivity contribution in [1.29, 1.82) is 0 Å². The number of methoxy groups -OCH3 is 1. The molecule has 154 valence electrons. The third-order valence-corrected chi connectivity index (χ3v) is 4.82. The fourth-order valence-corrected chi connectivity index (χ4v) is 3.20. The van der Waals surface area contributed by atoms with Crippen molar-refractivity contribution in [3.63, 3.8) is 0 Å². The SMILES string of the molecule is CO[C@H]1O[C@H](COC(=O)c2ccccc2)[C@@H](O)[C@H](O)[C@]1(O)C(=O)c1ccccc1. The number of carbonyl (C=O) groups is 2. The van der Waals surface area contributed by atoms with Gasteiger partial charge in [0.1, 0.15) is 24.9 Å². The highest BCUT2D eigenvalue weighted by Crippen LogP contribution is 2.33. The summed E-state index contributed by atoms with van der Waals surface area (Å²) in [6.45, 7) is -0.415. The predicted octanol–water partition coefficient (Wildman–Crippen LogP) is 0.550. The molecular formula is C21H22O8. The van der Waals surface area contributed by atoms with Crippen LogP contribution in [0.4, 0.5) is 0 Å². The average molecular weight is 402 g/mol. The first-order chi connectivity index (χ1) is 13.9. The second-order valence-electron chi connectivity index (χ2n) is 6.66. The Morgan fingerprint density at radius 3 is 2.10 bits per heavy atom. The van der Waals surface area contributed by atoms with E-state index in [9.17, 15) is 24.9 Å². The lowest BCUT2D eigenvalue weighted by atomic mass is 9.80. The van der Waals surface area contributed by atoms with Crippen molar-refractivity contribution in [2.45, 2.75) is 30.2 Å². The molecule has 1 heterocycles. The molecule has 1 aliphatic rings. The van der Waals surface area contributed by atoms with Gasteiger partial charge in [-0.25, -0.2) is 4.79 Å². The first kappa shape index (κ1) is 21.1. The highest BCUT2D eigenvalue weighted by molar-refractivity contribution is 6.03. The number of aliphatic hydroxyl groups excluding tert-OH is 2. The molecule has 0 aromatic heterocycles. The van der Waals surface area contributed by atoms with Crippen LogP contribution in [0.15, 0.2) is 60.7 Å². The summed E-state index contributed by atoms with van der Waals surface area (Å²) in [7, 11) is 1.19. The maximum Gasteiger partial charge on any atom is 0.338 e. The van der Waals surface area contributed by atoms with Crippen LogP contribution in [0.2, 0.25) is 0 Å². The van der Waals surface area contributed by atoms with Crippen molar-refractivity contribution < 1.29 is 39.1 Å². The van der Waals surface area contributed by atoms with E-state index in [-0.39, 0.29) is 5.56 Å². The van der Waals surface area contributed by atoms with Crippen LogP contribution < -0.4 is 0 Å². The lowest BCUT2D eigenvalue weighted by molar-refractivity contribution is -0.317. The molecular weight excluding hydrogens is 380 g/mol. The van der Waals surface area contributed by atoms with Gasteiger partial charge in [-0.1, -0.05) is 48.5 Å². The molecule has 1 saturated heterocycles. The summed E-state index contributed by atoms with van der Waals surface area (Å²) < 4.78 is 15.7. The molecule has 1 fully saturated rings. The molecule has 0 spiro atoms. The van der Waals surface area contributed by atoms with E-state index in [0.29, 0.717) is 5.56 Å². The zero-order valence-electron chi connectivity index (χ0n) is 15.7. The standard InChI is InChI=1S/C21H22O8/c1-27-20-21(26,17(23)13-8-4-2-5-9-13)18(24)16(22)15(29-20)12-28-19(25)14-10-6-3-7-11-14/h2-11,15-16,18,20,22,24,26H,12H2,1H3/t15-,16-,18+,20+,21-/m1/s1. The Morgan fingerprint density at radius 2 is 1.55 bits per heavy atom. The number of benzene rings is 2. The van der Waals surface area contributed by atoms with Crippen molar-refractivity contribution in [2.75, 3.05) is 13.7 Å². The van der Waals surface area contributed by atoms with Gasteiger partial charge >= 0.3 is 5.97 Å². The summed E-state index contributed by atoms with van der Waals surface area (Å²) in [5.74, 6) is -1.51. The van der Waals surface area contributed by atoms with Crippen molar-refractivity contribution in [3.8, 4) is 0 Å². The van der Waals surface area contributed by atoms with Gasteiger partial charge in [-0.3, -0.25) is 4.79 Å². The molecule has 0 saturated carbocycles. The summed E-state index contributed by atoms with van der Waals surface area (Å²) in [6.07, 6.45) is -6.45. The molecule has 0 amide bonds. The summed E-state index contributed by atoms with van der Waals surface area (Å²) in [5.41, 5.74) is -2.13. The van der Waals surface area contributed by atoms with Crippen LogP contribution >= 0.6 is 0 Å². The summed E-state index contributed by atoms with van der Waals surface area (Å²) in [6, 6.07) is 16.0. The van der Waals surface area contributed by atoms with Gasteiger partial charge in [-0.2, -0.15) is 0 Å². The number of esters is 1. The van der Waals surface area contributed by atoms with Crippen molar-refractivity contribution in [3.05, 3.63) is 71.8 Å². The number of Topliss-reactive ketones (excluding diaryl/α,β-unsaturated/α-hetero) is 1. The maximum atomic E-state index is 12.8. The third kappa shape index (κ3) is 4.07. The largest absolute Gasteiger partial charge is 0.459 e. The van der Waals surface area contributed by atoms with Gasteiger partial charge in [0, 0.05) is 12.7 Å². The summed E-state index contributed by atoms with van der Waals surface area (Å²) >= 11 is 0. The first-order valence-electron chi connectivity index (χ1n) is 8.98. The number of hydrogen-bond acceptors (Lipinski definition) is 8. The van der Waals surface area contributed by atoms with E-state index in [0.717, 1.165) is 0 Å². The molecule has 0 unspecified atom stereocenters. The first-order valence-corrected chi connectivity index (χ1v) is 8.98. The van der Waals surface area contributed by atoms with Crippen LogP contribution in [0.1, 0.15) is 20.7 Å². The second kappa shape index (κ2) is 8.81. The quantitative estimate of drug-likeness (QED) is 0.473. The van der Waals surface area contributed by atoms with Gasteiger partial charge in [0.25, 0.3) is 0 Å². The van der Waals surface area contributed by atoms with Gasteiger partial charge in [-0.15, -0.1) is 0 Å². The number of rotatable bonds is 6. The van der Waals surface area contributed by atoms with Crippen LogP contribution in [0.5, 0.6) is 0 Å². The average Bonchev–Trinajstić information content (AvgIpc) is 2.77. The van der Waals surface area contributed by atoms with Crippen molar-refractivity contribution >= 4 is 11.8 Å². The molecule has 0 radical (unpaired) electrons. The summed E-state index contributed by atoms with van der Waals surface area (Å²) in [5, 5.41) is 31.9. The number of ether oxygens (including phenoxy) is 3. The number of ketones is 1. The Morgan fingerprint density at radius 1 is 1.00 bits per heavy atom. The molecule has 2 aromatic rings. The minimum atomic E-state index is -2.55. The lowest BCUT2D eigenvalue weighted by Crippen LogP contribution is -2.70. The normalized spacial score (nSPS) is 29.2. The Bertz CT molecular complexity index is 836. The van der Waals surface area contributed by atoms with E-state index >= 15 is 0 Å². The van der Waals surface area contributed by atoms with Crippen molar-refractivity contribution in [1.82, 2.24) is 0 Å². The Labute approximate surface area is 167 Å². The maximum absolute atomic E-state index is 12.8. The molecule has 0 aliphatic carbocycles. The lowest BCUT2D eigenvalue weighted by Gasteiger charge is -2.46. The minimum Gasteiger partial charge on any atom is -0.459 e. The third-order valence-electron chi connectivity index (χ3n) is 4.82. The van der Waals surface area contributed by atoms with E-state index in [1.54, 1.807) is 48.5 Å². The fourth-order valence-electron chi connectivity index (χ4n) is 3.20. The van der Waals surface area contributed by atoms with Crippen LogP contribution in [0, 0.1) is 0 Å². The van der Waals surface area contributed by atoms with E-state index in [1.807, 2.05) is 0 Å². The van der Waals surface area contributed by atoms with Crippen LogP contribution in [-0.4, -0.2) is 71.0 Å². The van der Waals surface area contributed by atoms with Gasteiger partial charge in [0.2, 0.25) is 11.4 Å². The fraction of sp³-hybridized carbons (Fsp3) is 0.333. The van der Waals surface area contributed by atoms with Crippen LogP contribution in [-0.2, 0) is 14.2 Å². The number of hydrogen-bond donors (Lipinski definition) is 3. The molecule has 5 atom stereocenters. The van der Waals surface area contributed by atoms with Crippen LogP contribution in [0.25, 0.3) is 0 Å². The smallest absolute Gasteiger partial charge is 0.338 e. The molecule has 8 nitrogen and oxygen atoms in total. The zero-order chi connectivity index (χ0) is 21.0. The van der Waals surface area contributed by atoms with E-state index in [4.69, 9.17) is 14.2 Å². The zero-order valence-corrected chi connectivity index (χ0v) is 15.7. The monoisotopic (exact) mass is 402 g/mol. The van der Waals surface area contributed by atoms with Gasteiger partial charge in [0.15, 0.2) is 6.29 Å². The molecule has 29 heavy (non-hydrogen) atoms. The highest BCUT2D eigenvalue weighted by Gasteiger charge is 2.60. The van der Waals surface area contributed by atoms with Gasteiger partial charge in [0.05, 0.1) is 5.56 Å². The van der Waals surface area contributed by atoms with E-state index in [1.165, 1.54) is 19.2 Å². The predicted molar refractivity (Wildman–Crippen MR) is 100 cm³/mol. The Kier molecular flexibility index (Phi) is 6.41. The van der Waals surface area contributed by atoms with Crippen LogP contribution in [0.3, 0.4) is 0 Å². The number of aliphatic hydroxyl groups is 3. The molecule has 3 rings (SSSR count). The van der Waals surface area contributed by atoms with Gasteiger partial charge in [-0.05, 0) is 12.1 Å². The Hall–Kier alpha value is -2.62. The highest BCUT2D eigenvalue weighted by atomic mass is 16.7. The van der Waals surface area contributed by atoms with E-state index < -0.39 is 48.6 Å². The van der Waals surface area contributed by atoms with Crippen molar-refractivity contribution in [2.24, 2.45) is 0 Å². The molecule has 1 aliphatic heterocycles. The van der Waals surface area contributed by atoms with E-state index in [2.05, 4.69) is 0 Å². The molecule has 2 aromatic carbocycles. The number of carbonyl (C=O) groups excluding carboxylic acids is 2.